The Morgan fingerprint density at radius 1 is 1.13 bits per heavy atom. The lowest BCUT2D eigenvalue weighted by Crippen LogP contribution is -2.40. The maximum atomic E-state index is 13.7. The van der Waals surface area contributed by atoms with E-state index in [4.69, 9.17) is 0 Å². The van der Waals surface area contributed by atoms with Crippen molar-refractivity contribution in [3.05, 3.63) is 66.0 Å². The first kappa shape index (κ1) is 17.3. The molecule has 0 saturated heterocycles. The van der Waals surface area contributed by atoms with Crippen molar-refractivity contribution in [1.29, 1.82) is 0 Å². The van der Waals surface area contributed by atoms with E-state index in [0.29, 0.717) is 12.1 Å². The highest BCUT2D eigenvalue weighted by molar-refractivity contribution is 7.85. The zero-order chi connectivity index (χ0) is 16.8. The monoisotopic (exact) mass is 333 g/mol. The van der Waals surface area contributed by atoms with Crippen LogP contribution in [0.4, 0.5) is 10.1 Å². The minimum atomic E-state index is -1.48. The van der Waals surface area contributed by atoms with Gasteiger partial charge < -0.3 is 4.90 Å². The molecule has 5 heteroatoms. The summed E-state index contributed by atoms with van der Waals surface area (Å²) in [5.41, 5.74) is 1.14. The Balaban J connectivity index is 2.12. The zero-order valence-corrected chi connectivity index (χ0v) is 14.1. The molecule has 2 atom stereocenters. The van der Waals surface area contributed by atoms with Gasteiger partial charge >= 0.3 is 0 Å². The van der Waals surface area contributed by atoms with E-state index in [0.717, 1.165) is 5.69 Å². The molecule has 0 fully saturated rings. The Labute approximate surface area is 138 Å². The van der Waals surface area contributed by atoms with Crippen molar-refractivity contribution in [1.82, 2.24) is 0 Å². The smallest absolute Gasteiger partial charge is 0.242 e. The number of hydrogen-bond donors (Lipinski definition) is 0. The topological polar surface area (TPSA) is 37.4 Å². The van der Waals surface area contributed by atoms with Crippen LogP contribution in [0.15, 0.2) is 54.6 Å². The first-order valence-corrected chi connectivity index (χ1v) is 8.89. The van der Waals surface area contributed by atoms with Gasteiger partial charge in [-0.1, -0.05) is 36.4 Å². The number of rotatable bonds is 6. The summed E-state index contributed by atoms with van der Waals surface area (Å²) in [5.74, 6) is -0.573. The predicted octanol–water partition coefficient (Wildman–Crippen LogP) is 3.52. The van der Waals surface area contributed by atoms with Gasteiger partial charge in [0.1, 0.15) is 11.1 Å². The third-order valence-electron chi connectivity index (χ3n) is 3.65. The molecule has 0 radical (unpaired) electrons. The molecule has 0 unspecified atom stereocenters. The van der Waals surface area contributed by atoms with Gasteiger partial charge in [0.25, 0.3) is 0 Å². The molecule has 0 heterocycles. The van der Waals surface area contributed by atoms with E-state index in [1.54, 1.807) is 30.0 Å². The van der Waals surface area contributed by atoms with Gasteiger partial charge in [-0.2, -0.15) is 0 Å². The Hall–Kier alpha value is -2.01. The van der Waals surface area contributed by atoms with Crippen molar-refractivity contribution in [2.45, 2.75) is 24.9 Å². The van der Waals surface area contributed by atoms with Crippen molar-refractivity contribution in [2.24, 2.45) is 0 Å². The summed E-state index contributed by atoms with van der Waals surface area (Å²) in [5, 5.41) is -0.699. The van der Waals surface area contributed by atoms with Crippen molar-refractivity contribution in [3.63, 3.8) is 0 Å². The number of hydrogen-bond acceptors (Lipinski definition) is 2. The van der Waals surface area contributed by atoms with Crippen LogP contribution < -0.4 is 4.90 Å². The number of para-hydroxylation sites is 1. The fourth-order valence-corrected chi connectivity index (χ4v) is 3.44. The highest BCUT2D eigenvalue weighted by Gasteiger charge is 2.26. The fourth-order valence-electron chi connectivity index (χ4n) is 2.30. The summed E-state index contributed by atoms with van der Waals surface area (Å²) in [4.78, 5) is 14.2. The maximum Gasteiger partial charge on any atom is 0.242 e. The molecular formula is C18H20FNO2S. The third kappa shape index (κ3) is 4.26. The highest BCUT2D eigenvalue weighted by atomic mass is 32.2. The molecule has 0 aromatic heterocycles. The number of carbonyl (C=O) groups is 1. The molecule has 2 aromatic rings. The molecule has 0 saturated carbocycles. The minimum absolute atomic E-state index is 0.0337. The molecule has 1 amide bonds. The van der Waals surface area contributed by atoms with Crippen LogP contribution in [-0.4, -0.2) is 21.9 Å². The molecule has 2 rings (SSSR count). The Kier molecular flexibility index (Phi) is 6.04. The lowest BCUT2D eigenvalue weighted by Gasteiger charge is -2.24. The summed E-state index contributed by atoms with van der Waals surface area (Å²) < 4.78 is 26.1. The Bertz CT molecular complexity index is 690. The second-order valence-corrected chi connectivity index (χ2v) is 6.93. The van der Waals surface area contributed by atoms with Crippen LogP contribution in [0.3, 0.4) is 0 Å². The molecule has 0 aliphatic rings. The van der Waals surface area contributed by atoms with E-state index in [1.165, 1.54) is 6.07 Å². The number of carbonyl (C=O) groups excluding carboxylic acids is 1. The van der Waals surface area contributed by atoms with Crippen LogP contribution in [0.5, 0.6) is 0 Å². The molecule has 2 aromatic carbocycles. The molecule has 0 spiro atoms. The van der Waals surface area contributed by atoms with Gasteiger partial charge in [-0.25, -0.2) is 4.39 Å². The summed E-state index contributed by atoms with van der Waals surface area (Å²) in [6, 6.07) is 15.5. The van der Waals surface area contributed by atoms with Crippen LogP contribution in [0.1, 0.15) is 19.4 Å². The van der Waals surface area contributed by atoms with Crippen LogP contribution in [0.2, 0.25) is 0 Å². The summed E-state index contributed by atoms with van der Waals surface area (Å²) in [6.45, 7) is 3.99. The van der Waals surface area contributed by atoms with Crippen LogP contribution in [0, 0.1) is 5.82 Å². The van der Waals surface area contributed by atoms with Gasteiger partial charge in [0.15, 0.2) is 0 Å². The Morgan fingerprint density at radius 3 is 2.35 bits per heavy atom. The van der Waals surface area contributed by atoms with E-state index >= 15 is 0 Å². The fraction of sp³-hybridized carbons (Fsp3) is 0.278. The third-order valence-corrected chi connectivity index (χ3v) is 5.23. The normalized spacial score (nSPS) is 13.3. The van der Waals surface area contributed by atoms with Gasteiger partial charge in [-0.3, -0.25) is 9.00 Å². The molecule has 0 N–H and O–H groups in total. The zero-order valence-electron chi connectivity index (χ0n) is 13.2. The number of anilines is 1. The van der Waals surface area contributed by atoms with Crippen LogP contribution in [0.25, 0.3) is 0 Å². The number of amides is 1. The number of nitrogens with zero attached hydrogens (tertiary/aromatic N) is 1. The molecular weight excluding hydrogens is 313 g/mol. The van der Waals surface area contributed by atoms with E-state index in [-0.39, 0.29) is 11.7 Å². The van der Waals surface area contributed by atoms with Gasteiger partial charge in [0.05, 0.1) is 5.75 Å². The SMILES string of the molecule is CCN(C(=O)[C@H](C)[S@](=O)Cc1ccccc1F)c1ccccc1. The lowest BCUT2D eigenvalue weighted by atomic mass is 10.2. The Morgan fingerprint density at radius 2 is 1.74 bits per heavy atom. The summed E-state index contributed by atoms with van der Waals surface area (Å²) in [6.07, 6.45) is 0. The molecule has 0 aliphatic carbocycles. The molecule has 3 nitrogen and oxygen atoms in total. The second kappa shape index (κ2) is 8.02. The van der Waals surface area contributed by atoms with Crippen molar-refractivity contribution < 1.29 is 13.4 Å². The minimum Gasteiger partial charge on any atom is -0.312 e. The largest absolute Gasteiger partial charge is 0.312 e. The average Bonchev–Trinajstić information content (AvgIpc) is 2.57. The standard InChI is InChI=1S/C18H20FNO2S/c1-3-20(16-10-5-4-6-11-16)18(21)14(2)23(22)13-15-9-7-8-12-17(15)19/h4-12,14H,3,13H2,1-2H3/t14-,23+/m0/s1. The molecule has 122 valence electrons. The number of benzene rings is 2. The van der Waals surface area contributed by atoms with E-state index < -0.39 is 21.9 Å². The maximum absolute atomic E-state index is 13.7. The quantitative estimate of drug-likeness (QED) is 0.811. The summed E-state index contributed by atoms with van der Waals surface area (Å²) >= 11 is 0. The molecule has 0 bridgehead atoms. The van der Waals surface area contributed by atoms with Gasteiger partial charge in [0.2, 0.25) is 5.91 Å². The van der Waals surface area contributed by atoms with E-state index in [9.17, 15) is 13.4 Å². The van der Waals surface area contributed by atoms with Crippen LogP contribution in [-0.2, 0) is 21.3 Å². The first-order valence-electron chi connectivity index (χ1n) is 7.51. The van der Waals surface area contributed by atoms with Crippen molar-refractivity contribution in [2.75, 3.05) is 11.4 Å². The van der Waals surface area contributed by atoms with Gasteiger partial charge in [-0.15, -0.1) is 0 Å². The number of halogens is 1. The first-order chi connectivity index (χ1) is 11.0. The van der Waals surface area contributed by atoms with E-state index in [1.807, 2.05) is 37.3 Å². The second-order valence-electron chi connectivity index (χ2n) is 5.18. The van der Waals surface area contributed by atoms with Gasteiger partial charge in [0, 0.05) is 28.6 Å². The van der Waals surface area contributed by atoms with Crippen molar-refractivity contribution >= 4 is 22.4 Å². The molecule has 23 heavy (non-hydrogen) atoms. The molecule has 0 aliphatic heterocycles. The van der Waals surface area contributed by atoms with Crippen LogP contribution >= 0.6 is 0 Å². The van der Waals surface area contributed by atoms with E-state index in [2.05, 4.69) is 0 Å². The predicted molar refractivity (Wildman–Crippen MR) is 92.2 cm³/mol. The van der Waals surface area contributed by atoms with Gasteiger partial charge in [-0.05, 0) is 32.0 Å². The average molecular weight is 333 g/mol. The highest BCUT2D eigenvalue weighted by Crippen LogP contribution is 2.18. The van der Waals surface area contributed by atoms with Crippen molar-refractivity contribution in [3.8, 4) is 0 Å². The summed E-state index contributed by atoms with van der Waals surface area (Å²) in [7, 11) is -1.48. The lowest BCUT2D eigenvalue weighted by molar-refractivity contribution is -0.117.